The third-order valence-electron chi connectivity index (χ3n) is 8.16. The van der Waals surface area contributed by atoms with Gasteiger partial charge in [0.2, 0.25) is 11.8 Å². The molecule has 3 heterocycles. The van der Waals surface area contributed by atoms with E-state index in [-0.39, 0.29) is 54.2 Å². The molecule has 0 bridgehead atoms. The number of ether oxygens (including phenoxy) is 4. The van der Waals surface area contributed by atoms with Crippen molar-refractivity contribution in [3.63, 3.8) is 0 Å². The lowest BCUT2D eigenvalue weighted by molar-refractivity contribution is -0.143. The SMILES string of the molecule is CO[C@@H]1CN(C)C(=O)c2ccc(NC(=O)C3CCOCC3)cc2OC[C@@H](C)N(C(=O)C2CCOCC2)C[C@H]1C. The van der Waals surface area contributed by atoms with Gasteiger partial charge in [-0.1, -0.05) is 6.92 Å². The summed E-state index contributed by atoms with van der Waals surface area (Å²) in [5, 5.41) is 2.98. The van der Waals surface area contributed by atoms with Crippen molar-refractivity contribution in [3.05, 3.63) is 23.8 Å². The first-order chi connectivity index (χ1) is 18.8. The van der Waals surface area contributed by atoms with Crippen LogP contribution in [-0.2, 0) is 23.8 Å². The molecule has 2 fully saturated rings. The van der Waals surface area contributed by atoms with Gasteiger partial charge in [-0.15, -0.1) is 0 Å². The molecule has 0 unspecified atom stereocenters. The highest BCUT2D eigenvalue weighted by Gasteiger charge is 2.34. The van der Waals surface area contributed by atoms with Crippen molar-refractivity contribution < 1.29 is 33.3 Å². The Kier molecular flexibility index (Phi) is 10.2. The predicted octanol–water partition coefficient (Wildman–Crippen LogP) is 2.81. The Morgan fingerprint density at radius 3 is 2.26 bits per heavy atom. The Hall–Kier alpha value is -2.69. The van der Waals surface area contributed by atoms with Crippen LogP contribution < -0.4 is 10.1 Å². The van der Waals surface area contributed by atoms with E-state index >= 15 is 0 Å². The molecule has 0 aromatic heterocycles. The van der Waals surface area contributed by atoms with Crippen molar-refractivity contribution >= 4 is 23.4 Å². The minimum absolute atomic E-state index is 0.00170. The first-order valence-electron chi connectivity index (χ1n) is 14.1. The minimum atomic E-state index is -0.252. The zero-order valence-corrected chi connectivity index (χ0v) is 23.6. The van der Waals surface area contributed by atoms with Crippen LogP contribution >= 0.6 is 0 Å². The van der Waals surface area contributed by atoms with E-state index in [1.165, 1.54) is 0 Å². The lowest BCUT2D eigenvalue weighted by Crippen LogP contribution is -2.50. The summed E-state index contributed by atoms with van der Waals surface area (Å²) in [6.45, 7) is 7.44. The van der Waals surface area contributed by atoms with E-state index < -0.39 is 0 Å². The van der Waals surface area contributed by atoms with E-state index in [0.717, 1.165) is 0 Å². The Bertz CT molecular complexity index is 1010. The van der Waals surface area contributed by atoms with Crippen molar-refractivity contribution in [2.45, 2.75) is 51.7 Å². The van der Waals surface area contributed by atoms with Gasteiger partial charge in [0.25, 0.3) is 5.91 Å². The molecule has 3 amide bonds. The van der Waals surface area contributed by atoms with Gasteiger partial charge < -0.3 is 34.1 Å². The summed E-state index contributed by atoms with van der Waals surface area (Å²) >= 11 is 0. The van der Waals surface area contributed by atoms with Crippen molar-refractivity contribution in [2.24, 2.45) is 17.8 Å². The van der Waals surface area contributed by atoms with Crippen LogP contribution in [0.25, 0.3) is 0 Å². The number of nitrogens with one attached hydrogen (secondary N) is 1. The summed E-state index contributed by atoms with van der Waals surface area (Å²) in [7, 11) is 3.38. The second-order valence-electron chi connectivity index (χ2n) is 11.1. The highest BCUT2D eigenvalue weighted by molar-refractivity contribution is 5.98. The smallest absolute Gasteiger partial charge is 0.257 e. The second kappa shape index (κ2) is 13.6. The zero-order chi connectivity index (χ0) is 27.9. The van der Waals surface area contributed by atoms with Gasteiger partial charge in [0, 0.05) is 83.2 Å². The van der Waals surface area contributed by atoms with Crippen LogP contribution in [0.3, 0.4) is 0 Å². The van der Waals surface area contributed by atoms with Crippen LogP contribution in [-0.4, -0.2) is 99.9 Å². The molecular formula is C29H43N3O7. The molecule has 1 aromatic rings. The van der Waals surface area contributed by atoms with E-state index in [9.17, 15) is 14.4 Å². The van der Waals surface area contributed by atoms with Gasteiger partial charge in [-0.2, -0.15) is 0 Å². The maximum absolute atomic E-state index is 13.7. The molecule has 216 valence electrons. The van der Waals surface area contributed by atoms with Crippen molar-refractivity contribution in [3.8, 4) is 5.75 Å². The van der Waals surface area contributed by atoms with E-state index in [4.69, 9.17) is 18.9 Å². The number of nitrogens with zero attached hydrogens (tertiary/aromatic N) is 2. The predicted molar refractivity (Wildman–Crippen MR) is 146 cm³/mol. The van der Waals surface area contributed by atoms with E-state index in [1.54, 1.807) is 37.3 Å². The number of likely N-dealkylation sites (N-methyl/N-ethyl adjacent to an activating group) is 1. The Morgan fingerprint density at radius 2 is 1.62 bits per heavy atom. The molecule has 0 radical (unpaired) electrons. The van der Waals surface area contributed by atoms with Gasteiger partial charge in [-0.3, -0.25) is 14.4 Å². The van der Waals surface area contributed by atoms with Crippen LogP contribution in [0, 0.1) is 17.8 Å². The molecule has 4 rings (SSSR count). The number of rotatable bonds is 4. The van der Waals surface area contributed by atoms with Crippen LogP contribution in [0.2, 0.25) is 0 Å². The molecule has 10 heteroatoms. The Labute approximate surface area is 231 Å². The zero-order valence-electron chi connectivity index (χ0n) is 23.6. The average Bonchev–Trinajstić information content (AvgIpc) is 2.97. The lowest BCUT2D eigenvalue weighted by atomic mass is 9.95. The van der Waals surface area contributed by atoms with Gasteiger partial charge in [0.1, 0.15) is 12.4 Å². The summed E-state index contributed by atoms with van der Waals surface area (Å²) in [5.41, 5.74) is 0.970. The number of fused-ring (bicyclic) bond motifs is 1. The molecule has 0 aliphatic carbocycles. The second-order valence-corrected chi connectivity index (χ2v) is 11.1. The maximum Gasteiger partial charge on any atom is 0.257 e. The van der Waals surface area contributed by atoms with Crippen molar-refractivity contribution in [2.75, 3.05) is 65.6 Å². The number of hydrogen-bond acceptors (Lipinski definition) is 7. The Morgan fingerprint density at radius 1 is 0.974 bits per heavy atom. The van der Waals surface area contributed by atoms with Crippen LogP contribution in [0.15, 0.2) is 18.2 Å². The molecule has 2 saturated heterocycles. The molecule has 10 nitrogen and oxygen atoms in total. The number of benzene rings is 1. The number of anilines is 1. The van der Waals surface area contributed by atoms with Gasteiger partial charge in [-0.05, 0) is 44.7 Å². The van der Waals surface area contributed by atoms with Gasteiger partial charge >= 0.3 is 0 Å². The van der Waals surface area contributed by atoms with E-state index in [1.807, 2.05) is 11.8 Å². The molecule has 3 aliphatic heterocycles. The number of carbonyl (C=O) groups is 3. The fourth-order valence-corrected chi connectivity index (χ4v) is 5.54. The molecule has 39 heavy (non-hydrogen) atoms. The topological polar surface area (TPSA) is 107 Å². The summed E-state index contributed by atoms with van der Waals surface area (Å²) in [5.74, 6) is 0.0493. The number of hydrogen-bond donors (Lipinski definition) is 1. The van der Waals surface area contributed by atoms with Crippen molar-refractivity contribution in [1.29, 1.82) is 0 Å². The molecule has 0 spiro atoms. The molecular weight excluding hydrogens is 502 g/mol. The highest BCUT2D eigenvalue weighted by atomic mass is 16.5. The van der Waals surface area contributed by atoms with Gasteiger partial charge in [0.05, 0.1) is 17.7 Å². The van der Waals surface area contributed by atoms with Crippen LogP contribution in [0.5, 0.6) is 5.75 Å². The quantitative estimate of drug-likeness (QED) is 0.620. The third-order valence-corrected chi connectivity index (χ3v) is 8.16. The van der Waals surface area contributed by atoms with Gasteiger partial charge in [0.15, 0.2) is 0 Å². The highest BCUT2D eigenvalue weighted by Crippen LogP contribution is 2.29. The first kappa shape index (κ1) is 29.3. The minimum Gasteiger partial charge on any atom is -0.491 e. The normalized spacial score (nSPS) is 26.2. The van der Waals surface area contributed by atoms with Crippen molar-refractivity contribution in [1.82, 2.24) is 9.80 Å². The standard InChI is InChI=1S/C29H43N3O7/c1-19-16-32(28(34)22-9-13-38-14-10-22)20(2)18-39-25-15-23(30-27(33)21-7-11-37-12-8-21)5-6-24(25)29(35)31(3)17-26(19)36-4/h5-6,15,19-22,26H,7-14,16-18H2,1-4H3,(H,30,33)/t19-,20-,26-/m1/s1. The first-order valence-corrected chi connectivity index (χ1v) is 14.1. The summed E-state index contributed by atoms with van der Waals surface area (Å²) < 4.78 is 22.9. The van der Waals surface area contributed by atoms with E-state index in [2.05, 4.69) is 12.2 Å². The number of amides is 3. The molecule has 3 atom stereocenters. The number of carbonyl (C=O) groups excluding carboxylic acids is 3. The summed E-state index contributed by atoms with van der Waals surface area (Å²) in [6, 6.07) is 4.90. The maximum atomic E-state index is 13.7. The molecule has 0 saturated carbocycles. The fraction of sp³-hybridized carbons (Fsp3) is 0.690. The van der Waals surface area contributed by atoms with Gasteiger partial charge in [-0.25, -0.2) is 0 Å². The monoisotopic (exact) mass is 545 g/mol. The molecule has 1 N–H and O–H groups in total. The summed E-state index contributed by atoms with van der Waals surface area (Å²) in [6.07, 6.45) is 2.54. The summed E-state index contributed by atoms with van der Waals surface area (Å²) in [4.78, 5) is 43.5. The average molecular weight is 546 g/mol. The van der Waals surface area contributed by atoms with E-state index in [0.29, 0.717) is 82.2 Å². The third kappa shape index (κ3) is 7.29. The van der Waals surface area contributed by atoms with Crippen LogP contribution in [0.4, 0.5) is 5.69 Å². The number of methoxy groups -OCH3 is 1. The molecule has 3 aliphatic rings. The largest absolute Gasteiger partial charge is 0.491 e. The van der Waals surface area contributed by atoms with Crippen LogP contribution in [0.1, 0.15) is 49.9 Å². The Balaban J connectivity index is 1.60. The fourth-order valence-electron chi connectivity index (χ4n) is 5.54. The lowest BCUT2D eigenvalue weighted by Gasteiger charge is -2.38. The molecule has 1 aromatic carbocycles.